The number of Topliss-reactive ketones (excluding diaryl/α,β-unsaturated/α-hetero) is 2. The first-order valence-electron chi connectivity index (χ1n) is 5.48. The molecule has 0 saturated heterocycles. The van der Waals surface area contributed by atoms with Crippen molar-refractivity contribution in [3.63, 3.8) is 0 Å². The molecule has 0 radical (unpaired) electrons. The lowest BCUT2D eigenvalue weighted by Gasteiger charge is -2.25. The highest BCUT2D eigenvalue weighted by atomic mass is 16.1. The van der Waals surface area contributed by atoms with Gasteiger partial charge in [0, 0.05) is 37.5 Å². The van der Waals surface area contributed by atoms with Crippen LogP contribution in [0.4, 0.5) is 0 Å². The van der Waals surface area contributed by atoms with Gasteiger partial charge in [-0.15, -0.1) is 0 Å². The second kappa shape index (κ2) is 6.02. The lowest BCUT2D eigenvalue weighted by molar-refractivity contribution is -0.137. The monoisotopic (exact) mass is 218 g/mol. The lowest BCUT2D eigenvalue weighted by Crippen LogP contribution is -2.32. The first kappa shape index (κ1) is 12.4. The molecule has 0 aromatic rings. The van der Waals surface area contributed by atoms with Crippen LogP contribution >= 0.6 is 0 Å². The van der Waals surface area contributed by atoms with E-state index >= 15 is 0 Å². The van der Waals surface area contributed by atoms with Crippen LogP contribution in [0, 0.1) is 34.5 Å². The largest absolute Gasteiger partial charge is 0.299 e. The van der Waals surface area contributed by atoms with Gasteiger partial charge in [-0.1, -0.05) is 0 Å². The highest BCUT2D eigenvalue weighted by molar-refractivity contribution is 5.96. The smallest absolute Gasteiger partial charge is 0.137 e. The van der Waals surface area contributed by atoms with Gasteiger partial charge >= 0.3 is 0 Å². The van der Waals surface area contributed by atoms with Gasteiger partial charge in [0.1, 0.15) is 11.6 Å². The van der Waals surface area contributed by atoms with Crippen LogP contribution < -0.4 is 0 Å². The molecule has 0 aliphatic heterocycles. The molecule has 84 valence electrons. The molecular weight excluding hydrogens is 204 g/mol. The molecule has 0 heterocycles. The van der Waals surface area contributed by atoms with Gasteiger partial charge in [0.05, 0.1) is 12.1 Å². The summed E-state index contributed by atoms with van der Waals surface area (Å²) in [5, 5.41) is 16.9. The fourth-order valence-corrected chi connectivity index (χ4v) is 2.05. The molecule has 0 bridgehead atoms. The van der Waals surface area contributed by atoms with E-state index in [-0.39, 0.29) is 36.2 Å². The highest BCUT2D eigenvalue weighted by Gasteiger charge is 2.33. The van der Waals surface area contributed by atoms with Crippen molar-refractivity contribution in [2.75, 3.05) is 0 Å². The predicted octanol–water partition coefficient (Wildman–Crippen LogP) is 1.76. The molecule has 0 aromatic heterocycles. The molecule has 0 spiro atoms. The summed E-state index contributed by atoms with van der Waals surface area (Å²) in [6.45, 7) is 0. The van der Waals surface area contributed by atoms with E-state index in [9.17, 15) is 9.59 Å². The molecule has 1 saturated carbocycles. The first-order valence-corrected chi connectivity index (χ1v) is 5.48. The standard InChI is InChI=1S/C12H14N2O2/c13-5-1-3-9-7-12(16)10(4-2-6-14)8-11(9)15/h9-10H,1-4,7-8H2. The van der Waals surface area contributed by atoms with Crippen molar-refractivity contribution in [3.05, 3.63) is 0 Å². The molecule has 4 heteroatoms. The van der Waals surface area contributed by atoms with Gasteiger partial charge in [-0.2, -0.15) is 10.5 Å². The van der Waals surface area contributed by atoms with E-state index in [1.807, 2.05) is 12.1 Å². The molecule has 1 fully saturated rings. The van der Waals surface area contributed by atoms with Gasteiger partial charge in [0.25, 0.3) is 0 Å². The minimum Gasteiger partial charge on any atom is -0.299 e. The molecule has 0 N–H and O–H groups in total. The number of hydrogen-bond donors (Lipinski definition) is 0. The summed E-state index contributed by atoms with van der Waals surface area (Å²) in [5.41, 5.74) is 0. The fourth-order valence-electron chi connectivity index (χ4n) is 2.05. The number of rotatable bonds is 4. The summed E-state index contributed by atoms with van der Waals surface area (Å²) in [7, 11) is 0. The topological polar surface area (TPSA) is 81.7 Å². The number of carbonyl (C=O) groups excluding carboxylic acids is 2. The van der Waals surface area contributed by atoms with Crippen LogP contribution in [0.2, 0.25) is 0 Å². The zero-order chi connectivity index (χ0) is 12.0. The quantitative estimate of drug-likeness (QED) is 0.719. The number of nitrogens with zero attached hydrogens (tertiary/aromatic N) is 2. The second-order valence-electron chi connectivity index (χ2n) is 4.13. The molecule has 1 aliphatic carbocycles. The molecule has 2 atom stereocenters. The third kappa shape index (κ3) is 3.17. The Morgan fingerprint density at radius 1 is 0.938 bits per heavy atom. The predicted molar refractivity (Wildman–Crippen MR) is 55.9 cm³/mol. The van der Waals surface area contributed by atoms with Crippen molar-refractivity contribution >= 4 is 11.6 Å². The van der Waals surface area contributed by atoms with Gasteiger partial charge in [-0.3, -0.25) is 9.59 Å². The van der Waals surface area contributed by atoms with Crippen LogP contribution in [0.5, 0.6) is 0 Å². The van der Waals surface area contributed by atoms with Crippen LogP contribution in [0.1, 0.15) is 38.5 Å². The maximum Gasteiger partial charge on any atom is 0.137 e. The Bertz CT molecular complexity index is 326. The van der Waals surface area contributed by atoms with Crippen LogP contribution in [0.3, 0.4) is 0 Å². The number of hydrogen-bond acceptors (Lipinski definition) is 4. The minimum atomic E-state index is -0.259. The van der Waals surface area contributed by atoms with Gasteiger partial charge < -0.3 is 0 Å². The summed E-state index contributed by atoms with van der Waals surface area (Å²) in [4.78, 5) is 23.3. The normalized spacial score (nSPS) is 24.9. The summed E-state index contributed by atoms with van der Waals surface area (Å²) < 4.78 is 0. The van der Waals surface area contributed by atoms with Crippen LogP contribution in [-0.4, -0.2) is 11.6 Å². The summed E-state index contributed by atoms with van der Waals surface area (Å²) in [6, 6.07) is 3.98. The van der Waals surface area contributed by atoms with Crippen LogP contribution in [-0.2, 0) is 9.59 Å². The Hall–Kier alpha value is -1.68. The maximum atomic E-state index is 11.7. The van der Waals surface area contributed by atoms with Gasteiger partial charge in [-0.25, -0.2) is 0 Å². The molecule has 1 aliphatic rings. The minimum absolute atomic E-state index is 0.0813. The Kier molecular flexibility index (Phi) is 4.66. The third-order valence-electron chi connectivity index (χ3n) is 3.02. The lowest BCUT2D eigenvalue weighted by atomic mass is 9.76. The molecular formula is C12H14N2O2. The van der Waals surface area contributed by atoms with Crippen molar-refractivity contribution in [3.8, 4) is 12.1 Å². The van der Waals surface area contributed by atoms with Crippen LogP contribution in [0.15, 0.2) is 0 Å². The van der Waals surface area contributed by atoms with Gasteiger partial charge in [0.15, 0.2) is 0 Å². The third-order valence-corrected chi connectivity index (χ3v) is 3.02. The molecule has 0 amide bonds. The second-order valence-corrected chi connectivity index (χ2v) is 4.13. The van der Waals surface area contributed by atoms with E-state index in [4.69, 9.17) is 10.5 Å². The highest BCUT2D eigenvalue weighted by Crippen LogP contribution is 2.28. The summed E-state index contributed by atoms with van der Waals surface area (Å²) in [6.07, 6.45) is 2.16. The zero-order valence-corrected chi connectivity index (χ0v) is 9.11. The van der Waals surface area contributed by atoms with E-state index in [1.165, 1.54) is 0 Å². The number of nitriles is 2. The summed E-state index contributed by atoms with van der Waals surface area (Å²) in [5.74, 6) is -0.355. The summed E-state index contributed by atoms with van der Waals surface area (Å²) >= 11 is 0. The van der Waals surface area contributed by atoms with Crippen molar-refractivity contribution in [1.82, 2.24) is 0 Å². The first-order chi connectivity index (χ1) is 7.69. The average Bonchev–Trinajstić information content (AvgIpc) is 2.28. The molecule has 0 aromatic carbocycles. The van der Waals surface area contributed by atoms with Crippen molar-refractivity contribution < 1.29 is 9.59 Å². The Balaban J connectivity index is 2.51. The van der Waals surface area contributed by atoms with E-state index < -0.39 is 0 Å². The Labute approximate surface area is 94.9 Å². The number of ketones is 2. The molecule has 4 nitrogen and oxygen atoms in total. The molecule has 2 unspecified atom stereocenters. The fraction of sp³-hybridized carbons (Fsp3) is 0.667. The average molecular weight is 218 g/mol. The van der Waals surface area contributed by atoms with Crippen LogP contribution in [0.25, 0.3) is 0 Å². The van der Waals surface area contributed by atoms with Crippen molar-refractivity contribution in [2.24, 2.45) is 11.8 Å². The number of carbonyl (C=O) groups is 2. The Morgan fingerprint density at radius 2 is 1.31 bits per heavy atom. The van der Waals surface area contributed by atoms with Gasteiger partial charge in [-0.05, 0) is 12.8 Å². The zero-order valence-electron chi connectivity index (χ0n) is 9.11. The van der Waals surface area contributed by atoms with Crippen molar-refractivity contribution in [1.29, 1.82) is 10.5 Å². The molecule has 16 heavy (non-hydrogen) atoms. The molecule has 1 rings (SSSR count). The van der Waals surface area contributed by atoms with E-state index in [1.54, 1.807) is 0 Å². The van der Waals surface area contributed by atoms with E-state index in [0.29, 0.717) is 25.7 Å². The maximum absolute atomic E-state index is 11.7. The van der Waals surface area contributed by atoms with Gasteiger partial charge in [0.2, 0.25) is 0 Å². The Morgan fingerprint density at radius 3 is 1.62 bits per heavy atom. The van der Waals surface area contributed by atoms with Crippen molar-refractivity contribution in [2.45, 2.75) is 38.5 Å². The SMILES string of the molecule is N#CCCC1CC(=O)C(CCC#N)CC1=O. The van der Waals surface area contributed by atoms with E-state index in [2.05, 4.69) is 0 Å². The van der Waals surface area contributed by atoms with E-state index in [0.717, 1.165) is 0 Å².